The summed E-state index contributed by atoms with van der Waals surface area (Å²) in [7, 11) is 0. The summed E-state index contributed by atoms with van der Waals surface area (Å²) in [6, 6.07) is 12.3. The van der Waals surface area contributed by atoms with Gasteiger partial charge in [-0.1, -0.05) is 17.7 Å². The number of likely N-dealkylation sites (tertiary alicyclic amines) is 1. The van der Waals surface area contributed by atoms with Crippen LogP contribution in [0.15, 0.2) is 59.7 Å². The first-order chi connectivity index (χ1) is 14.5. The van der Waals surface area contributed by atoms with Gasteiger partial charge in [-0.25, -0.2) is 0 Å². The molecule has 1 N–H and O–H groups in total. The van der Waals surface area contributed by atoms with Gasteiger partial charge in [0.25, 0.3) is 11.5 Å². The first-order valence-electron chi connectivity index (χ1n) is 9.84. The molecule has 30 heavy (non-hydrogen) atoms. The van der Waals surface area contributed by atoms with Gasteiger partial charge in [0, 0.05) is 42.6 Å². The number of rotatable bonds is 4. The molecular weight excluding hydrogens is 402 g/mol. The van der Waals surface area contributed by atoms with Crippen LogP contribution < -0.4 is 10.9 Å². The Hall–Kier alpha value is -3.19. The van der Waals surface area contributed by atoms with Gasteiger partial charge in [-0.15, -0.1) is 0 Å². The number of hydrogen-bond acceptors (Lipinski definition) is 5. The van der Waals surface area contributed by atoms with Crippen molar-refractivity contribution in [3.8, 4) is 5.69 Å². The summed E-state index contributed by atoms with van der Waals surface area (Å²) < 4.78 is 1.22. The lowest BCUT2D eigenvalue weighted by molar-refractivity contribution is 0.0710. The summed E-state index contributed by atoms with van der Waals surface area (Å²) in [4.78, 5) is 31.2. The Balaban J connectivity index is 1.46. The lowest BCUT2D eigenvalue weighted by Crippen LogP contribution is -2.43. The summed E-state index contributed by atoms with van der Waals surface area (Å²) in [6.07, 6.45) is 5.19. The van der Waals surface area contributed by atoms with E-state index in [1.807, 2.05) is 25.1 Å². The number of carbonyl (C=O) groups excluding carboxylic acids is 1. The molecule has 0 spiro atoms. The number of amides is 1. The van der Waals surface area contributed by atoms with Crippen molar-refractivity contribution < 1.29 is 4.79 Å². The number of piperidine rings is 1. The zero-order valence-electron chi connectivity index (χ0n) is 16.6. The smallest absolute Gasteiger partial charge is 0.274 e. The molecule has 0 unspecified atom stereocenters. The van der Waals surface area contributed by atoms with Crippen LogP contribution in [0.25, 0.3) is 5.69 Å². The minimum absolute atomic E-state index is 0.179. The molecule has 1 amide bonds. The maximum Gasteiger partial charge on any atom is 0.274 e. The van der Waals surface area contributed by atoms with Crippen LogP contribution in [0.2, 0.25) is 5.02 Å². The van der Waals surface area contributed by atoms with Gasteiger partial charge in [-0.3, -0.25) is 14.6 Å². The fourth-order valence-corrected chi connectivity index (χ4v) is 3.67. The largest absolute Gasteiger partial charge is 0.381 e. The summed E-state index contributed by atoms with van der Waals surface area (Å²) in [5, 5.41) is 8.30. The maximum absolute atomic E-state index is 13.0. The van der Waals surface area contributed by atoms with Crippen molar-refractivity contribution in [2.75, 3.05) is 18.4 Å². The number of aromatic nitrogens is 3. The van der Waals surface area contributed by atoms with Crippen molar-refractivity contribution in [3.63, 3.8) is 0 Å². The molecule has 4 rings (SSSR count). The van der Waals surface area contributed by atoms with E-state index in [0.29, 0.717) is 23.8 Å². The summed E-state index contributed by atoms with van der Waals surface area (Å²) in [6.45, 7) is 3.12. The molecule has 154 valence electrons. The normalized spacial score (nSPS) is 14.5. The quantitative estimate of drug-likeness (QED) is 0.696. The third-order valence-electron chi connectivity index (χ3n) is 5.23. The highest BCUT2D eigenvalue weighted by Gasteiger charge is 2.25. The molecule has 0 atom stereocenters. The van der Waals surface area contributed by atoms with Gasteiger partial charge in [0.05, 0.1) is 11.4 Å². The lowest BCUT2D eigenvalue weighted by Gasteiger charge is -2.32. The van der Waals surface area contributed by atoms with Crippen molar-refractivity contribution in [2.24, 2.45) is 0 Å². The second-order valence-corrected chi connectivity index (χ2v) is 7.76. The summed E-state index contributed by atoms with van der Waals surface area (Å²) >= 11 is 6.18. The lowest BCUT2D eigenvalue weighted by atomic mass is 10.0. The number of pyridine rings is 1. The Morgan fingerprint density at radius 1 is 1.17 bits per heavy atom. The van der Waals surface area contributed by atoms with E-state index in [4.69, 9.17) is 11.6 Å². The highest BCUT2D eigenvalue weighted by atomic mass is 35.5. The number of nitrogens with zero attached hydrogens (tertiary/aromatic N) is 4. The van der Waals surface area contributed by atoms with Crippen LogP contribution in [-0.2, 0) is 0 Å². The van der Waals surface area contributed by atoms with Gasteiger partial charge < -0.3 is 10.2 Å². The summed E-state index contributed by atoms with van der Waals surface area (Å²) in [5.41, 5.74) is 2.34. The average molecular weight is 424 g/mol. The van der Waals surface area contributed by atoms with Crippen molar-refractivity contribution in [2.45, 2.75) is 25.8 Å². The van der Waals surface area contributed by atoms with Gasteiger partial charge in [-0.2, -0.15) is 9.78 Å². The standard InChI is InChI=1S/C22H22ClN5O2/c1-15-4-5-18(13-19(15)23)28-21(29)7-6-20(26-28)22(30)27-11-8-16(9-12-27)25-17-3-2-10-24-14-17/h2-7,10,13-14,16,25H,8-9,11-12H2,1H3. The maximum atomic E-state index is 13.0. The minimum Gasteiger partial charge on any atom is -0.381 e. The van der Waals surface area contributed by atoms with E-state index in [9.17, 15) is 9.59 Å². The van der Waals surface area contributed by atoms with Crippen LogP contribution in [0.4, 0.5) is 5.69 Å². The van der Waals surface area contributed by atoms with Crippen LogP contribution >= 0.6 is 11.6 Å². The Morgan fingerprint density at radius 2 is 1.97 bits per heavy atom. The summed E-state index contributed by atoms with van der Waals surface area (Å²) in [5.74, 6) is -0.179. The highest BCUT2D eigenvalue weighted by Crippen LogP contribution is 2.19. The van der Waals surface area contributed by atoms with Crippen LogP contribution in [0, 0.1) is 6.92 Å². The molecular formula is C22H22ClN5O2. The number of carbonyl (C=O) groups is 1. The van der Waals surface area contributed by atoms with E-state index in [2.05, 4.69) is 15.4 Å². The van der Waals surface area contributed by atoms with Crippen LogP contribution in [0.1, 0.15) is 28.9 Å². The third kappa shape index (κ3) is 4.36. The second-order valence-electron chi connectivity index (χ2n) is 7.35. The van der Waals surface area contributed by atoms with Gasteiger partial charge in [0.2, 0.25) is 0 Å². The number of hydrogen-bond donors (Lipinski definition) is 1. The van der Waals surface area contributed by atoms with E-state index in [0.717, 1.165) is 24.1 Å². The van der Waals surface area contributed by atoms with Crippen molar-refractivity contribution in [1.29, 1.82) is 0 Å². The topological polar surface area (TPSA) is 80.1 Å². The second kappa shape index (κ2) is 8.67. The SMILES string of the molecule is Cc1ccc(-n2nc(C(=O)N3CCC(Nc4cccnc4)CC3)ccc2=O)cc1Cl. The molecule has 0 aliphatic carbocycles. The first-order valence-corrected chi connectivity index (χ1v) is 10.2. The van der Waals surface area contributed by atoms with Gasteiger partial charge >= 0.3 is 0 Å². The number of aryl methyl sites for hydroxylation is 1. The fraction of sp³-hybridized carbons (Fsp3) is 0.273. The Kier molecular flexibility index (Phi) is 5.81. The fourth-order valence-electron chi connectivity index (χ4n) is 3.50. The van der Waals surface area contributed by atoms with Crippen molar-refractivity contribution >= 4 is 23.2 Å². The van der Waals surface area contributed by atoms with E-state index in [-0.39, 0.29) is 23.2 Å². The van der Waals surface area contributed by atoms with E-state index < -0.39 is 0 Å². The molecule has 1 aromatic carbocycles. The molecule has 0 saturated carbocycles. The monoisotopic (exact) mass is 423 g/mol. The molecule has 1 aliphatic rings. The number of nitrogens with one attached hydrogen (secondary N) is 1. The molecule has 1 saturated heterocycles. The van der Waals surface area contributed by atoms with Gasteiger partial charge in [-0.05, 0) is 55.7 Å². The Labute approximate surface area is 179 Å². The zero-order chi connectivity index (χ0) is 21.1. The van der Waals surface area contributed by atoms with Gasteiger partial charge in [0.15, 0.2) is 0 Å². The van der Waals surface area contributed by atoms with Gasteiger partial charge in [0.1, 0.15) is 5.69 Å². The molecule has 3 aromatic rings. The molecule has 1 aliphatic heterocycles. The number of benzene rings is 1. The average Bonchev–Trinajstić information content (AvgIpc) is 2.77. The predicted molar refractivity (Wildman–Crippen MR) is 116 cm³/mol. The number of halogens is 1. The highest BCUT2D eigenvalue weighted by molar-refractivity contribution is 6.31. The predicted octanol–water partition coefficient (Wildman–Crippen LogP) is 3.31. The van der Waals surface area contributed by atoms with E-state index in [1.54, 1.807) is 29.4 Å². The molecule has 7 nitrogen and oxygen atoms in total. The zero-order valence-corrected chi connectivity index (χ0v) is 17.3. The minimum atomic E-state index is -0.314. The molecule has 8 heteroatoms. The van der Waals surface area contributed by atoms with Crippen LogP contribution in [0.5, 0.6) is 0 Å². The van der Waals surface area contributed by atoms with E-state index in [1.165, 1.54) is 16.8 Å². The van der Waals surface area contributed by atoms with Crippen LogP contribution in [-0.4, -0.2) is 44.7 Å². The molecule has 2 aromatic heterocycles. The number of anilines is 1. The molecule has 0 bridgehead atoms. The molecule has 1 fully saturated rings. The van der Waals surface area contributed by atoms with E-state index >= 15 is 0 Å². The molecule has 0 radical (unpaired) electrons. The van der Waals surface area contributed by atoms with Crippen LogP contribution in [0.3, 0.4) is 0 Å². The molecule has 3 heterocycles. The Morgan fingerprint density at radius 3 is 2.67 bits per heavy atom. The first kappa shape index (κ1) is 20.1. The van der Waals surface area contributed by atoms with Crippen molar-refractivity contribution in [1.82, 2.24) is 19.7 Å². The Bertz CT molecular complexity index is 1110. The van der Waals surface area contributed by atoms with Crippen molar-refractivity contribution in [3.05, 3.63) is 81.5 Å². The third-order valence-corrected chi connectivity index (χ3v) is 5.64.